The van der Waals surface area contributed by atoms with Crippen LogP contribution in [0.5, 0.6) is 0 Å². The van der Waals surface area contributed by atoms with Gasteiger partial charge in [-0.25, -0.2) is 9.59 Å². The molecule has 110 valence electrons. The molecule has 0 aliphatic rings. The zero-order valence-electron chi connectivity index (χ0n) is 11.3. The van der Waals surface area contributed by atoms with Crippen molar-refractivity contribution in [3.8, 4) is 0 Å². The van der Waals surface area contributed by atoms with Crippen molar-refractivity contribution in [3.63, 3.8) is 0 Å². The molecule has 0 bridgehead atoms. The number of carboxylic acids is 1. The number of anilines is 1. The molecule has 0 fully saturated rings. The lowest BCUT2D eigenvalue weighted by Crippen LogP contribution is -2.36. The molecule has 7 heteroatoms. The van der Waals surface area contributed by atoms with Crippen LogP contribution in [0.1, 0.15) is 23.7 Å². The average Bonchev–Trinajstić information content (AvgIpc) is 2.38. The zero-order valence-corrected chi connectivity index (χ0v) is 13.7. The predicted molar refractivity (Wildman–Crippen MR) is 85.7 cm³/mol. The summed E-state index contributed by atoms with van der Waals surface area (Å²) < 4.78 is 0.532. The summed E-state index contributed by atoms with van der Waals surface area (Å²) in [5.41, 5.74) is 0.695. The van der Waals surface area contributed by atoms with Crippen molar-refractivity contribution in [1.82, 2.24) is 5.32 Å². The molecule has 0 spiro atoms. The maximum absolute atomic E-state index is 11.8. The van der Waals surface area contributed by atoms with Crippen molar-refractivity contribution in [3.05, 3.63) is 28.2 Å². The van der Waals surface area contributed by atoms with E-state index < -0.39 is 5.97 Å². The van der Waals surface area contributed by atoms with Crippen molar-refractivity contribution in [2.75, 3.05) is 17.3 Å². The van der Waals surface area contributed by atoms with Gasteiger partial charge in [0.1, 0.15) is 0 Å². The lowest BCUT2D eigenvalue weighted by Gasteiger charge is -2.14. The van der Waals surface area contributed by atoms with Crippen molar-refractivity contribution in [2.24, 2.45) is 0 Å². The van der Waals surface area contributed by atoms with Gasteiger partial charge in [0, 0.05) is 10.5 Å². The Hall–Kier alpha value is -1.21. The molecule has 1 unspecified atom stereocenters. The van der Waals surface area contributed by atoms with Crippen LogP contribution in [-0.4, -0.2) is 35.2 Å². The number of carbonyl (C=O) groups is 2. The van der Waals surface area contributed by atoms with Crippen molar-refractivity contribution in [2.45, 2.75) is 19.4 Å². The van der Waals surface area contributed by atoms with Gasteiger partial charge in [0.25, 0.3) is 0 Å². The Bertz CT molecular complexity index is 497. The third-order valence-corrected chi connectivity index (χ3v) is 3.90. The monoisotopic (exact) mass is 360 g/mol. The smallest absolute Gasteiger partial charge is 0.335 e. The first-order valence-electron chi connectivity index (χ1n) is 6.03. The van der Waals surface area contributed by atoms with E-state index in [1.54, 1.807) is 17.8 Å². The molecule has 1 atom stereocenters. The van der Waals surface area contributed by atoms with Gasteiger partial charge >= 0.3 is 12.0 Å². The van der Waals surface area contributed by atoms with Gasteiger partial charge in [-0.3, -0.25) is 0 Å². The number of carboxylic acid groups (broad SMARTS) is 1. The molecule has 0 aromatic heterocycles. The Kier molecular flexibility index (Phi) is 6.87. The standard InChI is InChI=1S/C13H17BrN2O3S/c1-8(5-6-20-2)15-13(19)16-11-4-3-9(12(17)18)7-10(11)14/h3-4,7-8H,5-6H2,1-2H3,(H,17,18)(H2,15,16,19). The fourth-order valence-electron chi connectivity index (χ4n) is 1.50. The summed E-state index contributed by atoms with van der Waals surface area (Å²) in [6.07, 6.45) is 2.92. The fourth-order valence-corrected chi connectivity index (χ4v) is 2.57. The van der Waals surface area contributed by atoms with Crippen LogP contribution in [0.25, 0.3) is 0 Å². The van der Waals surface area contributed by atoms with E-state index in [4.69, 9.17) is 5.11 Å². The molecule has 0 radical (unpaired) electrons. The van der Waals surface area contributed by atoms with E-state index in [9.17, 15) is 9.59 Å². The third kappa shape index (κ3) is 5.42. The molecule has 0 saturated heterocycles. The summed E-state index contributed by atoms with van der Waals surface area (Å²) >= 11 is 4.98. The number of thioether (sulfide) groups is 1. The number of carbonyl (C=O) groups excluding carboxylic acids is 1. The molecule has 2 amide bonds. The molecule has 1 aromatic carbocycles. The summed E-state index contributed by atoms with van der Waals surface area (Å²) in [4.78, 5) is 22.6. The van der Waals surface area contributed by atoms with Gasteiger partial charge in [-0.2, -0.15) is 11.8 Å². The molecule has 20 heavy (non-hydrogen) atoms. The summed E-state index contributed by atoms with van der Waals surface area (Å²) in [7, 11) is 0. The first-order valence-corrected chi connectivity index (χ1v) is 8.22. The Morgan fingerprint density at radius 2 is 2.15 bits per heavy atom. The Balaban J connectivity index is 2.60. The van der Waals surface area contributed by atoms with Gasteiger partial charge in [0.15, 0.2) is 0 Å². The highest BCUT2D eigenvalue weighted by Gasteiger charge is 2.11. The Morgan fingerprint density at radius 3 is 2.70 bits per heavy atom. The Labute approximate surface area is 130 Å². The van der Waals surface area contributed by atoms with E-state index in [2.05, 4.69) is 26.6 Å². The van der Waals surface area contributed by atoms with Crippen LogP contribution in [0.15, 0.2) is 22.7 Å². The summed E-state index contributed by atoms with van der Waals surface area (Å²) in [5, 5.41) is 14.4. The van der Waals surface area contributed by atoms with Gasteiger partial charge < -0.3 is 15.7 Å². The van der Waals surface area contributed by atoms with Gasteiger partial charge in [0.05, 0.1) is 11.3 Å². The van der Waals surface area contributed by atoms with Gasteiger partial charge in [-0.1, -0.05) is 0 Å². The molecule has 0 aliphatic carbocycles. The quantitative estimate of drug-likeness (QED) is 0.726. The van der Waals surface area contributed by atoms with Gasteiger partial charge in [-0.05, 0) is 59.5 Å². The van der Waals surface area contributed by atoms with Crippen LogP contribution < -0.4 is 10.6 Å². The normalized spacial score (nSPS) is 11.8. The Morgan fingerprint density at radius 1 is 1.45 bits per heavy atom. The van der Waals surface area contributed by atoms with Crippen LogP contribution in [0.2, 0.25) is 0 Å². The van der Waals surface area contributed by atoms with Crippen LogP contribution in [0.4, 0.5) is 10.5 Å². The molecular weight excluding hydrogens is 344 g/mol. The van der Waals surface area contributed by atoms with Crippen LogP contribution in [0.3, 0.4) is 0 Å². The van der Waals surface area contributed by atoms with Gasteiger partial charge in [-0.15, -0.1) is 0 Å². The number of hydrogen-bond acceptors (Lipinski definition) is 3. The van der Waals surface area contributed by atoms with Crippen LogP contribution in [0, 0.1) is 0 Å². The van der Waals surface area contributed by atoms with Crippen LogP contribution in [-0.2, 0) is 0 Å². The maximum atomic E-state index is 11.8. The van der Waals surface area contributed by atoms with E-state index in [-0.39, 0.29) is 17.6 Å². The van der Waals surface area contributed by atoms with E-state index in [0.717, 1.165) is 12.2 Å². The minimum atomic E-state index is -1.01. The zero-order chi connectivity index (χ0) is 15.1. The summed E-state index contributed by atoms with van der Waals surface area (Å²) in [5.74, 6) is -0.0225. The van der Waals surface area contributed by atoms with E-state index in [1.165, 1.54) is 12.1 Å². The lowest BCUT2D eigenvalue weighted by atomic mass is 10.2. The highest BCUT2D eigenvalue weighted by atomic mass is 79.9. The fraction of sp³-hybridized carbons (Fsp3) is 0.385. The number of aromatic carboxylic acids is 1. The number of hydrogen-bond donors (Lipinski definition) is 3. The maximum Gasteiger partial charge on any atom is 0.335 e. The minimum Gasteiger partial charge on any atom is -0.478 e. The highest BCUT2D eigenvalue weighted by Crippen LogP contribution is 2.23. The largest absolute Gasteiger partial charge is 0.478 e. The second kappa shape index (κ2) is 8.16. The lowest BCUT2D eigenvalue weighted by molar-refractivity contribution is 0.0697. The average molecular weight is 361 g/mol. The highest BCUT2D eigenvalue weighted by molar-refractivity contribution is 9.10. The second-order valence-electron chi connectivity index (χ2n) is 4.28. The summed E-state index contributed by atoms with van der Waals surface area (Å²) in [6.45, 7) is 1.94. The number of amides is 2. The topological polar surface area (TPSA) is 78.4 Å². The molecule has 5 nitrogen and oxygen atoms in total. The molecule has 0 saturated carbocycles. The number of urea groups is 1. The molecular formula is C13H17BrN2O3S. The van der Waals surface area contributed by atoms with Crippen molar-refractivity contribution < 1.29 is 14.7 Å². The molecule has 3 N–H and O–H groups in total. The molecule has 1 rings (SSSR count). The second-order valence-corrected chi connectivity index (χ2v) is 6.12. The van der Waals surface area contributed by atoms with Gasteiger partial charge in [0.2, 0.25) is 0 Å². The number of benzene rings is 1. The third-order valence-electron chi connectivity index (χ3n) is 2.60. The SMILES string of the molecule is CSCCC(C)NC(=O)Nc1ccc(C(=O)O)cc1Br. The first-order chi connectivity index (χ1) is 9.43. The first kappa shape index (κ1) is 16.8. The van der Waals surface area contributed by atoms with Crippen LogP contribution >= 0.6 is 27.7 Å². The molecule has 1 aromatic rings. The number of nitrogens with one attached hydrogen (secondary N) is 2. The van der Waals surface area contributed by atoms with E-state index >= 15 is 0 Å². The van der Waals surface area contributed by atoms with Crippen molar-refractivity contribution in [1.29, 1.82) is 0 Å². The molecule has 0 heterocycles. The predicted octanol–water partition coefficient (Wildman–Crippen LogP) is 3.41. The number of rotatable bonds is 6. The minimum absolute atomic E-state index is 0.0829. The molecule has 0 aliphatic heterocycles. The summed E-state index contributed by atoms with van der Waals surface area (Å²) in [6, 6.07) is 4.23. The van der Waals surface area contributed by atoms with E-state index in [0.29, 0.717) is 10.2 Å². The number of halogens is 1. The van der Waals surface area contributed by atoms with Crippen molar-refractivity contribution >= 4 is 45.4 Å². The van der Waals surface area contributed by atoms with E-state index in [1.807, 2.05) is 13.2 Å².